The molecule has 2 aromatic carbocycles. The molecule has 0 bridgehead atoms. The first-order valence-corrected chi connectivity index (χ1v) is 9.41. The van der Waals surface area contributed by atoms with Gasteiger partial charge in [-0.3, -0.25) is 0 Å². The smallest absolute Gasteiger partial charge is 0.142 e. The van der Waals surface area contributed by atoms with Crippen molar-refractivity contribution in [2.45, 2.75) is 45.1 Å². The van der Waals surface area contributed by atoms with E-state index in [1.165, 1.54) is 44.0 Å². The van der Waals surface area contributed by atoms with Crippen molar-refractivity contribution >= 4 is 22.6 Å². The van der Waals surface area contributed by atoms with Crippen LogP contribution in [0, 0.1) is 5.92 Å². The van der Waals surface area contributed by atoms with Gasteiger partial charge in [0.1, 0.15) is 5.82 Å². The molecule has 1 fully saturated rings. The number of halogens is 1. The molecule has 1 heterocycles. The van der Waals surface area contributed by atoms with Gasteiger partial charge < -0.3 is 4.57 Å². The van der Waals surface area contributed by atoms with Gasteiger partial charge in [0.2, 0.25) is 0 Å². The monoisotopic (exact) mass is 338 g/mol. The molecule has 0 spiro atoms. The van der Waals surface area contributed by atoms with Crippen LogP contribution in [0.5, 0.6) is 0 Å². The second kappa shape index (κ2) is 6.98. The molecule has 0 unspecified atom stereocenters. The third-order valence-electron chi connectivity index (χ3n) is 5.26. The van der Waals surface area contributed by atoms with Crippen molar-refractivity contribution in [2.24, 2.45) is 5.92 Å². The van der Waals surface area contributed by atoms with Crippen molar-refractivity contribution in [2.75, 3.05) is 0 Å². The molecule has 1 saturated carbocycles. The molecule has 0 N–H and O–H groups in total. The second-order valence-corrected chi connectivity index (χ2v) is 7.26. The van der Waals surface area contributed by atoms with Crippen molar-refractivity contribution in [3.63, 3.8) is 0 Å². The van der Waals surface area contributed by atoms with Crippen LogP contribution in [-0.4, -0.2) is 9.55 Å². The predicted octanol–water partition coefficient (Wildman–Crippen LogP) is 6.33. The van der Waals surface area contributed by atoms with Gasteiger partial charge in [0.05, 0.1) is 16.1 Å². The van der Waals surface area contributed by atoms with E-state index in [1.807, 2.05) is 18.2 Å². The number of aryl methyl sites for hydroxylation is 1. The van der Waals surface area contributed by atoms with Crippen molar-refractivity contribution in [3.05, 3.63) is 53.6 Å². The van der Waals surface area contributed by atoms with Crippen LogP contribution in [0.15, 0.2) is 48.5 Å². The summed E-state index contributed by atoms with van der Waals surface area (Å²) in [6.07, 6.45) is 8.20. The van der Waals surface area contributed by atoms with Gasteiger partial charge in [-0.2, -0.15) is 0 Å². The van der Waals surface area contributed by atoms with Crippen LogP contribution in [0.4, 0.5) is 0 Å². The molecular weight excluding hydrogens is 316 g/mol. The highest BCUT2D eigenvalue weighted by Gasteiger charge is 2.17. The maximum Gasteiger partial charge on any atom is 0.142 e. The summed E-state index contributed by atoms with van der Waals surface area (Å²) in [5.41, 5.74) is 3.29. The molecule has 24 heavy (non-hydrogen) atoms. The molecule has 4 rings (SSSR count). The van der Waals surface area contributed by atoms with Crippen LogP contribution in [0.1, 0.15) is 38.5 Å². The molecular formula is C21H23ClN2. The zero-order valence-electron chi connectivity index (χ0n) is 13.9. The first kappa shape index (κ1) is 15.7. The Balaban J connectivity index is 1.71. The van der Waals surface area contributed by atoms with Crippen molar-refractivity contribution < 1.29 is 0 Å². The maximum absolute atomic E-state index is 6.45. The molecule has 1 aliphatic carbocycles. The van der Waals surface area contributed by atoms with Crippen LogP contribution in [-0.2, 0) is 6.54 Å². The fraction of sp³-hybridized carbons (Fsp3) is 0.381. The van der Waals surface area contributed by atoms with E-state index in [2.05, 4.69) is 34.9 Å². The van der Waals surface area contributed by atoms with Gasteiger partial charge in [0, 0.05) is 12.1 Å². The second-order valence-electron chi connectivity index (χ2n) is 6.85. The van der Waals surface area contributed by atoms with E-state index in [4.69, 9.17) is 16.6 Å². The van der Waals surface area contributed by atoms with Gasteiger partial charge in [-0.25, -0.2) is 4.98 Å². The first-order chi connectivity index (χ1) is 11.8. The van der Waals surface area contributed by atoms with E-state index in [-0.39, 0.29) is 0 Å². The highest BCUT2D eigenvalue weighted by molar-refractivity contribution is 6.33. The Labute approximate surface area is 148 Å². The molecule has 0 atom stereocenters. The molecule has 0 saturated heterocycles. The highest BCUT2D eigenvalue weighted by Crippen LogP contribution is 2.32. The van der Waals surface area contributed by atoms with Crippen molar-refractivity contribution in [1.29, 1.82) is 0 Å². The molecule has 3 heteroatoms. The Morgan fingerprint density at radius 3 is 2.54 bits per heavy atom. The molecule has 3 aromatic rings. The number of hydrogen-bond acceptors (Lipinski definition) is 1. The summed E-state index contributed by atoms with van der Waals surface area (Å²) in [4.78, 5) is 4.89. The van der Waals surface area contributed by atoms with Gasteiger partial charge in [0.25, 0.3) is 0 Å². The summed E-state index contributed by atoms with van der Waals surface area (Å²) < 4.78 is 2.37. The number of imidazole rings is 1. The number of rotatable bonds is 4. The van der Waals surface area contributed by atoms with Gasteiger partial charge in [0.15, 0.2) is 0 Å². The fourth-order valence-corrected chi connectivity index (χ4v) is 4.16. The van der Waals surface area contributed by atoms with E-state index in [0.717, 1.165) is 34.4 Å². The van der Waals surface area contributed by atoms with Gasteiger partial charge in [-0.15, -0.1) is 0 Å². The average Bonchev–Trinajstić information content (AvgIpc) is 2.99. The lowest BCUT2D eigenvalue weighted by Gasteiger charge is -2.22. The van der Waals surface area contributed by atoms with Crippen LogP contribution in [0.2, 0.25) is 5.02 Å². The summed E-state index contributed by atoms with van der Waals surface area (Å²) in [5.74, 6) is 1.86. The standard InChI is InChI=1S/C21H23ClN2/c22-18-11-5-4-10-17(18)21-23-19-12-6-7-13-20(19)24(21)15-14-16-8-2-1-3-9-16/h4-7,10-13,16H,1-3,8-9,14-15H2. The van der Waals surface area contributed by atoms with E-state index < -0.39 is 0 Å². The summed E-state index contributed by atoms with van der Waals surface area (Å²) in [6.45, 7) is 1.02. The Bertz CT molecular complexity index is 831. The maximum atomic E-state index is 6.45. The lowest BCUT2D eigenvalue weighted by molar-refractivity contribution is 0.326. The Kier molecular flexibility index (Phi) is 4.57. The summed E-state index contributed by atoms with van der Waals surface area (Å²) in [5, 5.41) is 0.770. The molecule has 0 aliphatic heterocycles. The van der Waals surface area contributed by atoms with Gasteiger partial charge in [-0.05, 0) is 36.6 Å². The highest BCUT2D eigenvalue weighted by atomic mass is 35.5. The molecule has 124 valence electrons. The minimum Gasteiger partial charge on any atom is -0.324 e. The van der Waals surface area contributed by atoms with Crippen LogP contribution in [0.25, 0.3) is 22.4 Å². The largest absolute Gasteiger partial charge is 0.324 e. The van der Waals surface area contributed by atoms with Crippen molar-refractivity contribution in [1.82, 2.24) is 9.55 Å². The average molecular weight is 339 g/mol. The molecule has 1 aliphatic rings. The Morgan fingerprint density at radius 1 is 0.958 bits per heavy atom. The summed E-state index contributed by atoms with van der Waals surface area (Å²) >= 11 is 6.45. The number of nitrogens with zero attached hydrogens (tertiary/aromatic N) is 2. The number of aromatic nitrogens is 2. The van der Waals surface area contributed by atoms with Gasteiger partial charge >= 0.3 is 0 Å². The lowest BCUT2D eigenvalue weighted by Crippen LogP contribution is -2.11. The summed E-state index contributed by atoms with van der Waals surface area (Å²) in [6, 6.07) is 16.4. The van der Waals surface area contributed by atoms with E-state index >= 15 is 0 Å². The quantitative estimate of drug-likeness (QED) is 0.543. The zero-order chi connectivity index (χ0) is 16.4. The van der Waals surface area contributed by atoms with Crippen molar-refractivity contribution in [3.8, 4) is 11.4 Å². The fourth-order valence-electron chi connectivity index (χ4n) is 3.94. The summed E-state index contributed by atoms with van der Waals surface area (Å²) in [7, 11) is 0. The number of hydrogen-bond donors (Lipinski definition) is 0. The molecule has 1 aromatic heterocycles. The molecule has 2 nitrogen and oxygen atoms in total. The minimum absolute atomic E-state index is 0.770. The number of para-hydroxylation sites is 2. The van der Waals surface area contributed by atoms with Crippen LogP contribution in [0.3, 0.4) is 0 Å². The normalized spacial score (nSPS) is 15.9. The molecule has 0 amide bonds. The third kappa shape index (κ3) is 3.08. The van der Waals surface area contributed by atoms with E-state index in [9.17, 15) is 0 Å². The Morgan fingerprint density at radius 2 is 1.71 bits per heavy atom. The zero-order valence-corrected chi connectivity index (χ0v) is 14.7. The number of benzene rings is 2. The van der Waals surface area contributed by atoms with E-state index in [0.29, 0.717) is 0 Å². The number of fused-ring (bicyclic) bond motifs is 1. The predicted molar refractivity (Wildman–Crippen MR) is 101 cm³/mol. The van der Waals surface area contributed by atoms with Crippen LogP contribution < -0.4 is 0 Å². The van der Waals surface area contributed by atoms with Gasteiger partial charge in [-0.1, -0.05) is 68.0 Å². The SMILES string of the molecule is Clc1ccccc1-c1nc2ccccc2n1CCC1CCCCC1. The molecule has 0 radical (unpaired) electrons. The van der Waals surface area contributed by atoms with Crippen LogP contribution >= 0.6 is 11.6 Å². The first-order valence-electron chi connectivity index (χ1n) is 9.03. The topological polar surface area (TPSA) is 17.8 Å². The lowest BCUT2D eigenvalue weighted by atomic mass is 9.87. The third-order valence-corrected chi connectivity index (χ3v) is 5.58. The Hall–Kier alpha value is -1.80. The minimum atomic E-state index is 0.770. The van der Waals surface area contributed by atoms with E-state index in [1.54, 1.807) is 0 Å².